The van der Waals surface area contributed by atoms with Crippen molar-refractivity contribution in [3.8, 4) is 0 Å². The van der Waals surface area contributed by atoms with Gasteiger partial charge in [0.2, 0.25) is 5.91 Å². The molecule has 22 heavy (non-hydrogen) atoms. The molecule has 0 heterocycles. The van der Waals surface area contributed by atoms with E-state index >= 15 is 0 Å². The van der Waals surface area contributed by atoms with E-state index in [4.69, 9.17) is 5.11 Å². The minimum absolute atomic E-state index is 0.0529. The fourth-order valence-electron chi connectivity index (χ4n) is 2.91. The number of carbonyl (C=O) groups is 3. The largest absolute Gasteiger partial charge is 0.481 e. The zero-order chi connectivity index (χ0) is 16.2. The molecule has 1 fully saturated rings. The van der Waals surface area contributed by atoms with E-state index in [1.54, 1.807) is 24.3 Å². The first-order valence-electron chi connectivity index (χ1n) is 7.32. The number of hydrogen-bond acceptors (Lipinski definition) is 3. The Morgan fingerprint density at radius 3 is 2.23 bits per heavy atom. The fourth-order valence-corrected chi connectivity index (χ4v) is 2.91. The molecule has 118 valence electrons. The lowest BCUT2D eigenvalue weighted by molar-refractivity contribution is -0.138. The molecule has 2 amide bonds. The van der Waals surface area contributed by atoms with E-state index in [1.165, 1.54) is 6.92 Å². The molecule has 1 aromatic carbocycles. The summed E-state index contributed by atoms with van der Waals surface area (Å²) in [5, 5.41) is 14.6. The van der Waals surface area contributed by atoms with Crippen molar-refractivity contribution in [3.05, 3.63) is 29.8 Å². The fraction of sp³-hybridized carbons (Fsp3) is 0.438. The lowest BCUT2D eigenvalue weighted by atomic mass is 9.92. The van der Waals surface area contributed by atoms with Gasteiger partial charge in [-0.1, -0.05) is 12.8 Å². The maximum absolute atomic E-state index is 12.3. The van der Waals surface area contributed by atoms with Gasteiger partial charge in [-0.2, -0.15) is 0 Å². The molecule has 1 aliphatic carbocycles. The molecule has 1 aliphatic rings. The number of rotatable bonds is 5. The Balaban J connectivity index is 2.07. The number of amides is 2. The van der Waals surface area contributed by atoms with Crippen LogP contribution in [0.3, 0.4) is 0 Å². The van der Waals surface area contributed by atoms with Gasteiger partial charge in [0.15, 0.2) is 0 Å². The van der Waals surface area contributed by atoms with Gasteiger partial charge in [0.25, 0.3) is 5.91 Å². The van der Waals surface area contributed by atoms with E-state index in [2.05, 4.69) is 10.6 Å². The third-order valence-corrected chi connectivity index (χ3v) is 3.90. The third kappa shape index (κ3) is 4.07. The van der Waals surface area contributed by atoms with E-state index in [1.807, 2.05) is 0 Å². The van der Waals surface area contributed by atoms with Gasteiger partial charge in [0.05, 0.1) is 12.0 Å². The van der Waals surface area contributed by atoms with Crippen LogP contribution in [0.5, 0.6) is 0 Å². The molecule has 0 spiro atoms. The molecular weight excluding hydrogens is 284 g/mol. The second kappa shape index (κ2) is 6.60. The number of hydrogen-bond donors (Lipinski definition) is 3. The summed E-state index contributed by atoms with van der Waals surface area (Å²) in [6.45, 7) is 1.41. The van der Waals surface area contributed by atoms with Crippen LogP contribution < -0.4 is 10.6 Å². The van der Waals surface area contributed by atoms with Gasteiger partial charge in [-0.3, -0.25) is 14.4 Å². The molecule has 0 saturated heterocycles. The van der Waals surface area contributed by atoms with Crippen molar-refractivity contribution in [3.63, 3.8) is 0 Å². The molecule has 0 unspecified atom stereocenters. The maximum Gasteiger partial charge on any atom is 0.305 e. The summed E-state index contributed by atoms with van der Waals surface area (Å²) in [6, 6.07) is 6.53. The van der Waals surface area contributed by atoms with E-state index in [0.717, 1.165) is 12.8 Å². The van der Waals surface area contributed by atoms with Crippen molar-refractivity contribution in [2.45, 2.75) is 44.6 Å². The van der Waals surface area contributed by atoms with E-state index < -0.39 is 11.5 Å². The summed E-state index contributed by atoms with van der Waals surface area (Å²) in [6.07, 6.45) is 3.18. The van der Waals surface area contributed by atoms with Crippen LogP contribution >= 0.6 is 0 Å². The van der Waals surface area contributed by atoms with Gasteiger partial charge >= 0.3 is 5.97 Å². The molecule has 0 atom stereocenters. The van der Waals surface area contributed by atoms with Crippen LogP contribution in [-0.4, -0.2) is 28.4 Å². The quantitative estimate of drug-likeness (QED) is 0.776. The zero-order valence-electron chi connectivity index (χ0n) is 12.5. The molecular formula is C16H20N2O4. The highest BCUT2D eigenvalue weighted by atomic mass is 16.4. The molecule has 0 bridgehead atoms. The first kappa shape index (κ1) is 16.0. The van der Waals surface area contributed by atoms with E-state index in [-0.39, 0.29) is 18.2 Å². The average molecular weight is 304 g/mol. The number of benzene rings is 1. The summed E-state index contributed by atoms with van der Waals surface area (Å²) in [7, 11) is 0. The van der Waals surface area contributed by atoms with Crippen molar-refractivity contribution in [1.82, 2.24) is 5.32 Å². The predicted octanol–water partition coefficient (Wildman–Crippen LogP) is 2.16. The summed E-state index contributed by atoms with van der Waals surface area (Å²) in [5.41, 5.74) is 0.426. The Morgan fingerprint density at radius 1 is 1.14 bits per heavy atom. The molecule has 0 aromatic heterocycles. The highest BCUT2D eigenvalue weighted by Gasteiger charge is 2.37. The SMILES string of the molecule is CC(=O)Nc1ccc(C(=O)NC2(CC(=O)O)CCCC2)cc1. The Morgan fingerprint density at radius 2 is 1.73 bits per heavy atom. The van der Waals surface area contributed by atoms with Crippen molar-refractivity contribution in [2.24, 2.45) is 0 Å². The van der Waals surface area contributed by atoms with E-state index in [0.29, 0.717) is 24.1 Å². The lowest BCUT2D eigenvalue weighted by Gasteiger charge is -2.28. The van der Waals surface area contributed by atoms with Crippen molar-refractivity contribution >= 4 is 23.5 Å². The second-order valence-corrected chi connectivity index (χ2v) is 5.77. The second-order valence-electron chi connectivity index (χ2n) is 5.77. The van der Waals surface area contributed by atoms with Gasteiger partial charge < -0.3 is 15.7 Å². The Hall–Kier alpha value is -2.37. The summed E-state index contributed by atoms with van der Waals surface area (Å²) < 4.78 is 0. The van der Waals surface area contributed by atoms with Crippen LogP contribution in [-0.2, 0) is 9.59 Å². The minimum Gasteiger partial charge on any atom is -0.481 e. The number of carboxylic acid groups (broad SMARTS) is 1. The zero-order valence-corrected chi connectivity index (χ0v) is 12.5. The number of carbonyl (C=O) groups excluding carboxylic acids is 2. The number of carboxylic acids is 1. The smallest absolute Gasteiger partial charge is 0.305 e. The Kier molecular flexibility index (Phi) is 4.80. The molecule has 1 aromatic rings. The van der Waals surface area contributed by atoms with Crippen LogP contribution in [0.1, 0.15) is 49.4 Å². The number of aliphatic carboxylic acids is 1. The van der Waals surface area contributed by atoms with E-state index in [9.17, 15) is 14.4 Å². The van der Waals surface area contributed by atoms with Gasteiger partial charge in [0.1, 0.15) is 0 Å². The lowest BCUT2D eigenvalue weighted by Crippen LogP contribution is -2.47. The number of anilines is 1. The van der Waals surface area contributed by atoms with Crippen LogP contribution in [0, 0.1) is 0 Å². The molecule has 6 heteroatoms. The highest BCUT2D eigenvalue weighted by Crippen LogP contribution is 2.33. The van der Waals surface area contributed by atoms with Crippen LogP contribution in [0.4, 0.5) is 5.69 Å². The summed E-state index contributed by atoms with van der Waals surface area (Å²) in [4.78, 5) is 34.3. The van der Waals surface area contributed by atoms with Gasteiger partial charge in [0, 0.05) is 18.2 Å². The van der Waals surface area contributed by atoms with Crippen molar-refractivity contribution in [2.75, 3.05) is 5.32 Å². The standard InChI is InChI=1S/C16H20N2O4/c1-11(19)17-13-6-4-12(5-7-13)15(22)18-16(10-14(20)21)8-2-3-9-16/h4-7H,2-3,8-10H2,1H3,(H,17,19)(H,18,22)(H,20,21). The van der Waals surface area contributed by atoms with Crippen LogP contribution in [0.2, 0.25) is 0 Å². The monoisotopic (exact) mass is 304 g/mol. The summed E-state index contributed by atoms with van der Waals surface area (Å²) in [5.74, 6) is -1.36. The maximum atomic E-state index is 12.3. The van der Waals surface area contributed by atoms with Crippen LogP contribution in [0.25, 0.3) is 0 Å². The number of nitrogens with one attached hydrogen (secondary N) is 2. The summed E-state index contributed by atoms with van der Waals surface area (Å²) >= 11 is 0. The van der Waals surface area contributed by atoms with Gasteiger partial charge in [-0.15, -0.1) is 0 Å². The Labute approximate surface area is 128 Å². The minimum atomic E-state index is -0.900. The molecule has 1 saturated carbocycles. The first-order valence-corrected chi connectivity index (χ1v) is 7.32. The van der Waals surface area contributed by atoms with Crippen LogP contribution in [0.15, 0.2) is 24.3 Å². The third-order valence-electron chi connectivity index (χ3n) is 3.90. The van der Waals surface area contributed by atoms with Crippen molar-refractivity contribution < 1.29 is 19.5 Å². The predicted molar refractivity (Wildman–Crippen MR) is 81.7 cm³/mol. The molecule has 0 aliphatic heterocycles. The van der Waals surface area contributed by atoms with Gasteiger partial charge in [-0.25, -0.2) is 0 Å². The normalized spacial score (nSPS) is 16.0. The average Bonchev–Trinajstić information content (AvgIpc) is 2.86. The topological polar surface area (TPSA) is 95.5 Å². The van der Waals surface area contributed by atoms with Crippen molar-refractivity contribution in [1.29, 1.82) is 0 Å². The Bertz CT molecular complexity index is 574. The first-order chi connectivity index (χ1) is 10.4. The molecule has 6 nitrogen and oxygen atoms in total. The molecule has 3 N–H and O–H groups in total. The highest BCUT2D eigenvalue weighted by molar-refractivity contribution is 5.96. The molecule has 2 rings (SSSR count). The molecule has 0 radical (unpaired) electrons. The van der Waals surface area contributed by atoms with Gasteiger partial charge in [-0.05, 0) is 37.1 Å².